The van der Waals surface area contributed by atoms with Crippen LogP contribution in [0.2, 0.25) is 0 Å². The molecular weight excluding hydrogens is 402 g/mol. The van der Waals surface area contributed by atoms with Crippen molar-refractivity contribution in [2.75, 3.05) is 43.0 Å². The van der Waals surface area contributed by atoms with E-state index in [9.17, 15) is 4.79 Å². The van der Waals surface area contributed by atoms with Crippen molar-refractivity contribution in [1.29, 1.82) is 0 Å². The third kappa shape index (κ3) is 4.79. The van der Waals surface area contributed by atoms with E-state index in [0.29, 0.717) is 39.4 Å². The Morgan fingerprint density at radius 1 is 1.09 bits per heavy atom. The first-order valence-corrected chi connectivity index (χ1v) is 11.1. The Kier molecular flexibility index (Phi) is 6.78. The normalized spacial score (nSPS) is 13.8. The van der Waals surface area contributed by atoms with Gasteiger partial charge >= 0.3 is 6.03 Å². The summed E-state index contributed by atoms with van der Waals surface area (Å²) in [6, 6.07) is 18.5. The SMILES string of the molecule is CCOCc1ccc(C)c(Nc2ccc(-c3ccc(N4CCN(CCN)C4=O)cc3)[nH]2)c1. The average Bonchev–Trinajstić information content (AvgIpc) is 3.42. The summed E-state index contributed by atoms with van der Waals surface area (Å²) in [7, 11) is 0. The summed E-state index contributed by atoms with van der Waals surface area (Å²) in [5.74, 6) is 0.924. The summed E-state index contributed by atoms with van der Waals surface area (Å²) in [6.45, 7) is 7.89. The number of hydrogen-bond acceptors (Lipinski definition) is 4. The van der Waals surface area contributed by atoms with Gasteiger partial charge in [0.1, 0.15) is 5.82 Å². The Labute approximate surface area is 189 Å². The van der Waals surface area contributed by atoms with Crippen molar-refractivity contribution in [2.24, 2.45) is 5.73 Å². The highest BCUT2D eigenvalue weighted by Crippen LogP contribution is 2.28. The van der Waals surface area contributed by atoms with Crippen LogP contribution in [0.25, 0.3) is 11.3 Å². The summed E-state index contributed by atoms with van der Waals surface area (Å²) in [4.78, 5) is 19.6. The number of aryl methyl sites for hydroxylation is 1. The summed E-state index contributed by atoms with van der Waals surface area (Å²) in [5.41, 5.74) is 12.0. The second kappa shape index (κ2) is 9.89. The number of aromatic nitrogens is 1. The van der Waals surface area contributed by atoms with Crippen LogP contribution in [0.5, 0.6) is 0 Å². The topological polar surface area (TPSA) is 86.6 Å². The number of nitrogens with two attached hydrogens (primary N) is 1. The molecule has 168 valence electrons. The third-order valence-electron chi connectivity index (χ3n) is 5.71. The maximum absolute atomic E-state index is 12.5. The fourth-order valence-corrected chi connectivity index (χ4v) is 3.90. The highest BCUT2D eigenvalue weighted by molar-refractivity contribution is 5.94. The third-order valence-corrected chi connectivity index (χ3v) is 5.71. The molecule has 4 N–H and O–H groups in total. The molecule has 0 aliphatic carbocycles. The number of H-pyrrole nitrogens is 1. The number of carbonyl (C=O) groups excluding carboxylic acids is 1. The van der Waals surface area contributed by atoms with E-state index in [4.69, 9.17) is 10.5 Å². The summed E-state index contributed by atoms with van der Waals surface area (Å²) in [5, 5.41) is 3.48. The zero-order chi connectivity index (χ0) is 22.5. The molecule has 7 heteroatoms. The smallest absolute Gasteiger partial charge is 0.324 e. The molecule has 7 nitrogen and oxygen atoms in total. The molecule has 1 aliphatic heterocycles. The predicted molar refractivity (Wildman–Crippen MR) is 129 cm³/mol. The zero-order valence-corrected chi connectivity index (χ0v) is 18.7. The largest absolute Gasteiger partial charge is 0.377 e. The average molecular weight is 434 g/mol. The number of anilines is 3. The lowest BCUT2D eigenvalue weighted by molar-refractivity contribution is 0.134. The van der Waals surface area contributed by atoms with Gasteiger partial charge in [0, 0.05) is 49.9 Å². The molecule has 2 amide bonds. The van der Waals surface area contributed by atoms with Crippen LogP contribution in [0.3, 0.4) is 0 Å². The quantitative estimate of drug-likeness (QED) is 0.465. The first-order valence-electron chi connectivity index (χ1n) is 11.1. The molecule has 0 atom stereocenters. The van der Waals surface area contributed by atoms with Gasteiger partial charge in [-0.25, -0.2) is 4.79 Å². The van der Waals surface area contributed by atoms with Gasteiger partial charge in [0.15, 0.2) is 0 Å². The predicted octanol–water partition coefficient (Wildman–Crippen LogP) is 4.47. The van der Waals surface area contributed by atoms with Crippen molar-refractivity contribution in [3.05, 3.63) is 65.7 Å². The lowest BCUT2D eigenvalue weighted by Crippen LogP contribution is -2.34. The van der Waals surface area contributed by atoms with Crippen molar-refractivity contribution in [2.45, 2.75) is 20.5 Å². The molecule has 0 bridgehead atoms. The second-order valence-corrected chi connectivity index (χ2v) is 7.95. The Morgan fingerprint density at radius 3 is 2.66 bits per heavy atom. The van der Waals surface area contributed by atoms with Crippen LogP contribution in [-0.4, -0.2) is 48.7 Å². The second-order valence-electron chi connectivity index (χ2n) is 7.95. The number of urea groups is 1. The monoisotopic (exact) mass is 433 g/mol. The minimum absolute atomic E-state index is 0.0245. The highest BCUT2D eigenvalue weighted by Gasteiger charge is 2.28. The molecule has 2 aromatic carbocycles. The fraction of sp³-hybridized carbons (Fsp3) is 0.320. The van der Waals surface area contributed by atoms with Crippen molar-refractivity contribution in [3.8, 4) is 11.3 Å². The van der Waals surface area contributed by atoms with E-state index < -0.39 is 0 Å². The van der Waals surface area contributed by atoms with Crippen molar-refractivity contribution >= 4 is 23.2 Å². The van der Waals surface area contributed by atoms with Crippen LogP contribution in [0.1, 0.15) is 18.1 Å². The molecule has 1 aliphatic rings. The molecule has 1 aromatic heterocycles. The first-order chi connectivity index (χ1) is 15.6. The summed E-state index contributed by atoms with van der Waals surface area (Å²) < 4.78 is 5.53. The maximum Gasteiger partial charge on any atom is 0.324 e. The van der Waals surface area contributed by atoms with Crippen molar-refractivity contribution < 1.29 is 9.53 Å². The summed E-state index contributed by atoms with van der Waals surface area (Å²) >= 11 is 0. The van der Waals surface area contributed by atoms with Gasteiger partial charge < -0.3 is 25.7 Å². The Balaban J connectivity index is 1.45. The first kappa shape index (κ1) is 21.9. The lowest BCUT2D eigenvalue weighted by Gasteiger charge is -2.18. The van der Waals surface area contributed by atoms with E-state index >= 15 is 0 Å². The molecule has 2 heterocycles. The Hall–Kier alpha value is -3.29. The van der Waals surface area contributed by atoms with E-state index in [2.05, 4.69) is 41.5 Å². The minimum Gasteiger partial charge on any atom is -0.377 e. The molecule has 0 spiro atoms. The van der Waals surface area contributed by atoms with Crippen LogP contribution in [0.15, 0.2) is 54.6 Å². The standard InChI is InChI=1S/C25H31N5O2/c1-3-32-17-19-5-4-18(2)23(16-19)28-24-11-10-22(27-24)20-6-8-21(9-7-20)30-15-14-29(13-12-26)25(30)31/h4-11,16,27-28H,3,12-15,17,26H2,1-2H3. The zero-order valence-electron chi connectivity index (χ0n) is 18.7. The van der Waals surface area contributed by atoms with Gasteiger partial charge in [0.05, 0.1) is 6.61 Å². The number of rotatable bonds is 9. The minimum atomic E-state index is 0.0245. The number of amides is 2. The van der Waals surface area contributed by atoms with E-state index in [1.54, 1.807) is 9.80 Å². The van der Waals surface area contributed by atoms with Gasteiger partial charge in [-0.3, -0.25) is 4.90 Å². The molecule has 0 radical (unpaired) electrons. The molecule has 32 heavy (non-hydrogen) atoms. The number of aromatic amines is 1. The van der Waals surface area contributed by atoms with Crippen LogP contribution in [-0.2, 0) is 11.3 Å². The maximum atomic E-state index is 12.5. The molecular formula is C25H31N5O2. The number of hydrogen-bond donors (Lipinski definition) is 3. The van der Waals surface area contributed by atoms with Gasteiger partial charge in [-0.15, -0.1) is 0 Å². The van der Waals surface area contributed by atoms with Gasteiger partial charge in [-0.2, -0.15) is 0 Å². The van der Waals surface area contributed by atoms with Crippen molar-refractivity contribution in [3.63, 3.8) is 0 Å². The fourth-order valence-electron chi connectivity index (χ4n) is 3.90. The molecule has 0 saturated carbocycles. The molecule has 1 fully saturated rings. The van der Waals surface area contributed by atoms with E-state index in [1.165, 1.54) is 5.56 Å². The number of nitrogens with one attached hydrogen (secondary N) is 2. The number of benzene rings is 2. The van der Waals surface area contributed by atoms with E-state index in [0.717, 1.165) is 34.0 Å². The van der Waals surface area contributed by atoms with Crippen LogP contribution in [0, 0.1) is 6.92 Å². The van der Waals surface area contributed by atoms with E-state index in [-0.39, 0.29) is 6.03 Å². The van der Waals surface area contributed by atoms with Gasteiger partial charge in [0.2, 0.25) is 0 Å². The highest BCUT2D eigenvalue weighted by atomic mass is 16.5. The molecule has 1 saturated heterocycles. The van der Waals surface area contributed by atoms with Crippen LogP contribution >= 0.6 is 0 Å². The van der Waals surface area contributed by atoms with E-state index in [1.807, 2.05) is 37.3 Å². The molecule has 0 unspecified atom stereocenters. The molecule has 4 rings (SSSR count). The number of ether oxygens (including phenoxy) is 1. The number of nitrogens with zero attached hydrogens (tertiary/aromatic N) is 2. The van der Waals surface area contributed by atoms with Gasteiger partial charge in [0.25, 0.3) is 0 Å². The van der Waals surface area contributed by atoms with Crippen molar-refractivity contribution in [1.82, 2.24) is 9.88 Å². The summed E-state index contributed by atoms with van der Waals surface area (Å²) in [6.07, 6.45) is 0. The van der Waals surface area contributed by atoms with Gasteiger partial charge in [-0.05, 0) is 60.9 Å². The van der Waals surface area contributed by atoms with Gasteiger partial charge in [-0.1, -0.05) is 24.3 Å². The lowest BCUT2D eigenvalue weighted by atomic mass is 10.1. The number of carbonyl (C=O) groups is 1. The molecule has 3 aromatic rings. The van der Waals surface area contributed by atoms with Crippen LogP contribution in [0.4, 0.5) is 22.0 Å². The Morgan fingerprint density at radius 2 is 1.91 bits per heavy atom. The van der Waals surface area contributed by atoms with Crippen LogP contribution < -0.4 is 16.0 Å². The Bertz CT molecular complexity index is 1060.